The highest BCUT2D eigenvalue weighted by Crippen LogP contribution is 2.15. The van der Waals surface area contributed by atoms with Crippen LogP contribution in [0.1, 0.15) is 219 Å². The molecule has 1 atom stereocenters. The number of esters is 1. The van der Waals surface area contributed by atoms with E-state index in [0.29, 0.717) is 19.6 Å². The van der Waals surface area contributed by atoms with Crippen LogP contribution in [0, 0.1) is 0 Å². The van der Waals surface area contributed by atoms with E-state index in [1.54, 1.807) is 7.11 Å². The lowest BCUT2D eigenvalue weighted by Gasteiger charge is -2.19. The summed E-state index contributed by atoms with van der Waals surface area (Å²) >= 11 is 0. The van der Waals surface area contributed by atoms with Gasteiger partial charge in [-0.3, -0.25) is 9.59 Å². The van der Waals surface area contributed by atoms with Crippen LogP contribution >= 0.6 is 0 Å². The van der Waals surface area contributed by atoms with E-state index in [2.05, 4.69) is 24.5 Å². The average molecular weight is 739 g/mol. The Hall–Kier alpha value is -1.67. The second-order valence-corrected chi connectivity index (χ2v) is 15.1. The van der Waals surface area contributed by atoms with E-state index in [0.717, 1.165) is 32.1 Å². The lowest BCUT2D eigenvalue weighted by molar-refractivity contribution is -0.151. The first kappa shape index (κ1) is 50.3. The van der Waals surface area contributed by atoms with Crippen LogP contribution in [0.25, 0.3) is 0 Å². The zero-order valence-corrected chi connectivity index (χ0v) is 34.7. The molecule has 0 rings (SSSR count). The van der Waals surface area contributed by atoms with E-state index < -0.39 is 12.0 Å². The zero-order valence-electron chi connectivity index (χ0n) is 34.7. The molecule has 2 N–H and O–H groups in total. The van der Waals surface area contributed by atoms with Crippen molar-refractivity contribution in [1.29, 1.82) is 0 Å². The average Bonchev–Trinajstić information content (AvgIpc) is 3.14. The van der Waals surface area contributed by atoms with Crippen molar-refractivity contribution in [3.05, 3.63) is 0 Å². The van der Waals surface area contributed by atoms with Crippen LogP contribution in [0.4, 0.5) is 0 Å². The second kappa shape index (κ2) is 42.1. The molecule has 0 heterocycles. The first-order valence-corrected chi connectivity index (χ1v) is 22.3. The topological polar surface area (TPSA) is 103 Å². The number of nitrogens with one attached hydrogen (secondary N) is 2. The summed E-state index contributed by atoms with van der Waals surface area (Å²) in [7, 11) is 1.56. The van der Waals surface area contributed by atoms with Crippen LogP contribution in [0.3, 0.4) is 0 Å². The van der Waals surface area contributed by atoms with Crippen molar-refractivity contribution in [2.75, 3.05) is 40.1 Å². The quantitative estimate of drug-likeness (QED) is 0.0477. The lowest BCUT2D eigenvalue weighted by atomic mass is 10.0. The molecule has 0 aliphatic heterocycles. The number of carbonyl (C=O) groups excluding carboxylic acids is 3. The zero-order chi connectivity index (χ0) is 38.0. The van der Waals surface area contributed by atoms with Crippen LogP contribution in [0.15, 0.2) is 0 Å². The number of hydrogen-bond acceptors (Lipinski definition) is 6. The van der Waals surface area contributed by atoms with Gasteiger partial charge in [0, 0.05) is 20.1 Å². The summed E-state index contributed by atoms with van der Waals surface area (Å²) in [5.41, 5.74) is 0. The van der Waals surface area contributed by atoms with E-state index in [1.807, 2.05) is 0 Å². The Morgan fingerprint density at radius 1 is 0.500 bits per heavy atom. The molecular weight excluding hydrogens is 652 g/mol. The minimum Gasteiger partial charge on any atom is -0.461 e. The van der Waals surface area contributed by atoms with Crippen LogP contribution in [0.5, 0.6) is 0 Å². The number of ether oxygens (including phenoxy) is 3. The highest BCUT2D eigenvalue weighted by molar-refractivity contribution is 5.88. The minimum absolute atomic E-state index is 0.176. The fourth-order valence-corrected chi connectivity index (χ4v) is 6.63. The number of methoxy groups -OCH3 is 1. The smallest absolute Gasteiger partial charge is 0.332 e. The van der Waals surface area contributed by atoms with Gasteiger partial charge >= 0.3 is 5.97 Å². The fourth-order valence-electron chi connectivity index (χ4n) is 6.63. The molecular formula is C44H86N2O6. The maximum Gasteiger partial charge on any atom is 0.332 e. The molecule has 0 aliphatic rings. The molecule has 2 amide bonds. The van der Waals surface area contributed by atoms with E-state index in [1.165, 1.54) is 167 Å². The molecule has 8 nitrogen and oxygen atoms in total. The molecule has 0 bridgehead atoms. The van der Waals surface area contributed by atoms with E-state index >= 15 is 0 Å². The summed E-state index contributed by atoms with van der Waals surface area (Å²) in [5, 5.41) is 5.77. The Morgan fingerprint density at radius 3 is 1.29 bits per heavy atom. The minimum atomic E-state index is -0.909. The van der Waals surface area contributed by atoms with Gasteiger partial charge < -0.3 is 24.8 Å². The molecule has 0 aromatic rings. The van der Waals surface area contributed by atoms with Crippen LogP contribution < -0.4 is 10.6 Å². The molecule has 0 saturated heterocycles. The van der Waals surface area contributed by atoms with Gasteiger partial charge in [-0.1, -0.05) is 200 Å². The van der Waals surface area contributed by atoms with Gasteiger partial charge in [0.15, 0.2) is 0 Å². The largest absolute Gasteiger partial charge is 0.461 e. The number of amides is 2. The van der Waals surface area contributed by atoms with Crippen molar-refractivity contribution in [3.63, 3.8) is 0 Å². The monoisotopic (exact) mass is 739 g/mol. The molecule has 0 fully saturated rings. The Bertz CT molecular complexity index is 780. The predicted octanol–water partition coefficient (Wildman–Crippen LogP) is 11.3. The van der Waals surface area contributed by atoms with Gasteiger partial charge in [0.2, 0.25) is 11.8 Å². The third-order valence-corrected chi connectivity index (χ3v) is 10.1. The van der Waals surface area contributed by atoms with Gasteiger partial charge in [-0.05, 0) is 12.8 Å². The lowest BCUT2D eigenvalue weighted by Crippen LogP contribution is -2.50. The Kier molecular flexibility index (Phi) is 40.7. The van der Waals surface area contributed by atoms with Crippen molar-refractivity contribution in [3.8, 4) is 0 Å². The molecule has 1 unspecified atom stereocenters. The normalized spacial score (nSPS) is 11.8. The molecule has 52 heavy (non-hydrogen) atoms. The molecule has 0 aliphatic carbocycles. The first-order chi connectivity index (χ1) is 25.5. The maximum atomic E-state index is 13.0. The van der Waals surface area contributed by atoms with E-state index in [4.69, 9.17) is 14.2 Å². The maximum absolute atomic E-state index is 13.0. The van der Waals surface area contributed by atoms with Crippen molar-refractivity contribution < 1.29 is 28.6 Å². The summed E-state index contributed by atoms with van der Waals surface area (Å²) in [4.78, 5) is 37.9. The van der Waals surface area contributed by atoms with E-state index in [-0.39, 0.29) is 31.6 Å². The van der Waals surface area contributed by atoms with Gasteiger partial charge in [-0.15, -0.1) is 0 Å². The molecule has 308 valence electrons. The van der Waals surface area contributed by atoms with Crippen molar-refractivity contribution in [2.24, 2.45) is 0 Å². The van der Waals surface area contributed by atoms with Gasteiger partial charge in [0.05, 0.1) is 13.2 Å². The standard InChI is InChI=1S/C44H86N2O6/c1-4-6-8-10-12-14-16-18-20-22-24-26-28-30-32-34-36-45-44(49)41(39-52-43(48)40-51-38-37-50-3)46-42(47)35-33-31-29-27-25-23-21-19-17-15-13-11-9-7-5-2/h41H,4-40H2,1-3H3,(H,45,49)(H,46,47). The van der Waals surface area contributed by atoms with Gasteiger partial charge in [0.1, 0.15) is 19.3 Å². The highest BCUT2D eigenvalue weighted by atomic mass is 16.6. The van der Waals surface area contributed by atoms with Gasteiger partial charge in [-0.25, -0.2) is 4.79 Å². The highest BCUT2D eigenvalue weighted by Gasteiger charge is 2.22. The molecule has 0 spiro atoms. The van der Waals surface area contributed by atoms with Crippen LogP contribution in [-0.4, -0.2) is 63.9 Å². The molecule has 0 aromatic carbocycles. The Morgan fingerprint density at radius 2 is 0.885 bits per heavy atom. The number of carbonyl (C=O) groups is 3. The van der Waals surface area contributed by atoms with Crippen LogP contribution in [0.2, 0.25) is 0 Å². The number of rotatable bonds is 42. The molecule has 0 radical (unpaired) electrons. The van der Waals surface area contributed by atoms with Crippen molar-refractivity contribution in [1.82, 2.24) is 10.6 Å². The van der Waals surface area contributed by atoms with Gasteiger partial charge in [-0.2, -0.15) is 0 Å². The number of unbranched alkanes of at least 4 members (excludes halogenated alkanes) is 29. The second-order valence-electron chi connectivity index (χ2n) is 15.1. The van der Waals surface area contributed by atoms with Crippen LogP contribution in [-0.2, 0) is 28.6 Å². The Labute approximate surface area is 321 Å². The Balaban J connectivity index is 4.12. The molecule has 0 saturated carbocycles. The van der Waals surface area contributed by atoms with E-state index in [9.17, 15) is 14.4 Å². The third-order valence-electron chi connectivity index (χ3n) is 10.1. The summed E-state index contributed by atoms with van der Waals surface area (Å²) in [6, 6.07) is -0.909. The third kappa shape index (κ3) is 38.1. The summed E-state index contributed by atoms with van der Waals surface area (Å²) in [6.07, 6.45) is 40.3. The summed E-state index contributed by atoms with van der Waals surface area (Å²) in [5.74, 6) is -1.05. The van der Waals surface area contributed by atoms with Gasteiger partial charge in [0.25, 0.3) is 0 Å². The first-order valence-electron chi connectivity index (χ1n) is 22.3. The number of hydrogen-bond donors (Lipinski definition) is 2. The van der Waals surface area contributed by atoms with Crippen molar-refractivity contribution in [2.45, 2.75) is 225 Å². The fraction of sp³-hybridized carbons (Fsp3) is 0.932. The molecule has 8 heteroatoms. The SMILES string of the molecule is CCCCCCCCCCCCCCCCCCNC(=O)C(COC(=O)COCCOC)NC(=O)CCCCCCCCCCCCCCCCC. The molecule has 0 aromatic heterocycles. The van der Waals surface area contributed by atoms with Crippen molar-refractivity contribution >= 4 is 17.8 Å². The summed E-state index contributed by atoms with van der Waals surface area (Å²) in [6.45, 7) is 5.33. The predicted molar refractivity (Wildman–Crippen MR) is 218 cm³/mol. The summed E-state index contributed by atoms with van der Waals surface area (Å²) < 4.78 is 15.4.